The van der Waals surface area contributed by atoms with Crippen molar-refractivity contribution in [1.29, 1.82) is 0 Å². The van der Waals surface area contributed by atoms with Crippen molar-refractivity contribution >= 4 is 5.78 Å². The van der Waals surface area contributed by atoms with Crippen LogP contribution in [-0.4, -0.2) is 5.78 Å². The van der Waals surface area contributed by atoms with Gasteiger partial charge in [0.25, 0.3) is 0 Å². The fraction of sp³-hybridized carbons (Fsp3) is 0.750. The quantitative estimate of drug-likeness (QED) is 0.609. The Morgan fingerprint density at radius 1 is 1.23 bits per heavy atom. The van der Waals surface area contributed by atoms with Crippen molar-refractivity contribution in [3.63, 3.8) is 0 Å². The van der Waals surface area contributed by atoms with Crippen LogP contribution in [0.4, 0.5) is 0 Å². The lowest BCUT2D eigenvalue weighted by atomic mass is 9.70. The van der Waals surface area contributed by atoms with E-state index in [2.05, 4.69) is 34.3 Å². The summed E-state index contributed by atoms with van der Waals surface area (Å²) >= 11 is 0. The summed E-state index contributed by atoms with van der Waals surface area (Å²) in [4.78, 5) is 11.2. The Balaban J connectivity index is 4.69. The van der Waals surface area contributed by atoms with Gasteiger partial charge >= 0.3 is 0 Å². The molecule has 0 aliphatic heterocycles. The fourth-order valence-electron chi connectivity index (χ4n) is 1.17. The standard InChI is InChI=1S/C12H22O/c1-8(2)12(6,7)10(4)9(3)11(5)13/h8-9H,4H2,1-3,5-7H3. The molecule has 0 heterocycles. The van der Waals surface area contributed by atoms with E-state index >= 15 is 0 Å². The number of allylic oxidation sites excluding steroid dienone is 1. The Labute approximate surface area is 82.2 Å². The van der Waals surface area contributed by atoms with Crippen LogP contribution in [0.2, 0.25) is 0 Å². The maximum absolute atomic E-state index is 11.2. The summed E-state index contributed by atoms with van der Waals surface area (Å²) in [6.45, 7) is 16.3. The molecule has 0 rings (SSSR count). The Kier molecular flexibility index (Phi) is 3.89. The van der Waals surface area contributed by atoms with E-state index in [9.17, 15) is 4.79 Å². The molecular formula is C12H22O. The van der Waals surface area contributed by atoms with Crippen LogP contribution in [0.15, 0.2) is 12.2 Å². The van der Waals surface area contributed by atoms with Crippen LogP contribution in [0.1, 0.15) is 41.5 Å². The summed E-state index contributed by atoms with van der Waals surface area (Å²) in [5, 5.41) is 0. The lowest BCUT2D eigenvalue weighted by Gasteiger charge is -2.34. The number of Topliss-reactive ketones (excluding diaryl/α,β-unsaturated/α-hetero) is 1. The number of hydrogen-bond acceptors (Lipinski definition) is 1. The van der Waals surface area contributed by atoms with Gasteiger partial charge in [0.2, 0.25) is 0 Å². The van der Waals surface area contributed by atoms with Gasteiger partial charge in [-0.1, -0.05) is 46.8 Å². The largest absolute Gasteiger partial charge is 0.299 e. The molecule has 1 unspecified atom stereocenters. The number of carbonyl (C=O) groups is 1. The van der Waals surface area contributed by atoms with Crippen LogP contribution in [0.25, 0.3) is 0 Å². The van der Waals surface area contributed by atoms with E-state index in [4.69, 9.17) is 0 Å². The van der Waals surface area contributed by atoms with Gasteiger partial charge in [0.15, 0.2) is 0 Å². The second-order valence-electron chi connectivity index (χ2n) is 4.73. The third-order valence-electron chi connectivity index (χ3n) is 3.40. The van der Waals surface area contributed by atoms with E-state index in [1.165, 1.54) is 0 Å². The van der Waals surface area contributed by atoms with Crippen molar-refractivity contribution in [2.45, 2.75) is 41.5 Å². The highest BCUT2D eigenvalue weighted by molar-refractivity contribution is 5.80. The van der Waals surface area contributed by atoms with Gasteiger partial charge in [0, 0.05) is 5.92 Å². The summed E-state index contributed by atoms with van der Waals surface area (Å²) in [5.41, 5.74) is 1.10. The SMILES string of the molecule is C=C(C(C)C(C)=O)C(C)(C)C(C)C. The van der Waals surface area contributed by atoms with Crippen molar-refractivity contribution in [3.8, 4) is 0 Å². The van der Waals surface area contributed by atoms with Gasteiger partial charge in [-0.2, -0.15) is 0 Å². The third kappa shape index (κ3) is 2.68. The summed E-state index contributed by atoms with van der Waals surface area (Å²) in [6, 6.07) is 0. The predicted octanol–water partition coefficient (Wildman–Crippen LogP) is 3.45. The molecule has 0 aromatic heterocycles. The van der Waals surface area contributed by atoms with Crippen LogP contribution in [0, 0.1) is 17.3 Å². The van der Waals surface area contributed by atoms with Gasteiger partial charge in [0.1, 0.15) is 5.78 Å². The lowest BCUT2D eigenvalue weighted by Crippen LogP contribution is -2.27. The molecule has 0 bridgehead atoms. The molecule has 0 N–H and O–H groups in total. The summed E-state index contributed by atoms with van der Waals surface area (Å²) in [5.74, 6) is 0.706. The molecule has 1 nitrogen and oxygen atoms in total. The Bertz CT molecular complexity index is 211. The number of carbonyl (C=O) groups excluding carboxylic acids is 1. The molecule has 0 aromatic carbocycles. The first-order chi connectivity index (χ1) is 5.71. The van der Waals surface area contributed by atoms with Gasteiger partial charge in [-0.25, -0.2) is 0 Å². The maximum Gasteiger partial charge on any atom is 0.136 e. The van der Waals surface area contributed by atoms with Crippen LogP contribution in [-0.2, 0) is 4.79 Å². The summed E-state index contributed by atoms with van der Waals surface area (Å²) in [6.07, 6.45) is 0. The van der Waals surface area contributed by atoms with Gasteiger partial charge < -0.3 is 0 Å². The van der Waals surface area contributed by atoms with Crippen molar-refractivity contribution in [2.75, 3.05) is 0 Å². The highest BCUT2D eigenvalue weighted by Crippen LogP contribution is 2.37. The van der Waals surface area contributed by atoms with E-state index < -0.39 is 0 Å². The number of rotatable bonds is 4. The van der Waals surface area contributed by atoms with E-state index in [-0.39, 0.29) is 17.1 Å². The molecule has 76 valence electrons. The van der Waals surface area contributed by atoms with Gasteiger partial charge in [-0.3, -0.25) is 4.79 Å². The fourth-order valence-corrected chi connectivity index (χ4v) is 1.17. The average Bonchev–Trinajstić information content (AvgIpc) is 2.01. The van der Waals surface area contributed by atoms with Gasteiger partial charge in [0.05, 0.1) is 0 Å². The van der Waals surface area contributed by atoms with E-state index in [0.29, 0.717) is 5.92 Å². The molecule has 0 fully saturated rings. The average molecular weight is 182 g/mol. The molecule has 0 aliphatic rings. The first kappa shape index (κ1) is 12.4. The molecule has 13 heavy (non-hydrogen) atoms. The molecule has 0 saturated heterocycles. The molecule has 0 saturated carbocycles. The second kappa shape index (κ2) is 4.08. The topological polar surface area (TPSA) is 17.1 Å². The molecule has 0 radical (unpaired) electrons. The Morgan fingerprint density at radius 2 is 1.62 bits per heavy atom. The highest BCUT2D eigenvalue weighted by atomic mass is 16.1. The zero-order valence-corrected chi connectivity index (χ0v) is 9.77. The first-order valence-corrected chi connectivity index (χ1v) is 4.91. The smallest absolute Gasteiger partial charge is 0.136 e. The predicted molar refractivity (Wildman–Crippen MR) is 57.6 cm³/mol. The zero-order valence-electron chi connectivity index (χ0n) is 9.77. The Hall–Kier alpha value is -0.590. The van der Waals surface area contributed by atoms with Crippen molar-refractivity contribution in [1.82, 2.24) is 0 Å². The number of ketones is 1. The molecule has 0 aliphatic carbocycles. The molecule has 1 heteroatoms. The lowest BCUT2D eigenvalue weighted by molar-refractivity contribution is -0.119. The molecule has 0 amide bonds. The summed E-state index contributed by atoms with van der Waals surface area (Å²) < 4.78 is 0. The minimum Gasteiger partial charge on any atom is -0.299 e. The van der Waals surface area contributed by atoms with Crippen molar-refractivity contribution in [2.24, 2.45) is 17.3 Å². The molecular weight excluding hydrogens is 160 g/mol. The van der Waals surface area contributed by atoms with Crippen LogP contribution >= 0.6 is 0 Å². The molecule has 1 atom stereocenters. The van der Waals surface area contributed by atoms with Crippen LogP contribution in [0.5, 0.6) is 0 Å². The zero-order chi connectivity index (χ0) is 10.8. The summed E-state index contributed by atoms with van der Waals surface area (Å²) in [7, 11) is 0. The maximum atomic E-state index is 11.2. The highest BCUT2D eigenvalue weighted by Gasteiger charge is 2.30. The van der Waals surface area contributed by atoms with E-state index in [0.717, 1.165) is 5.57 Å². The van der Waals surface area contributed by atoms with Gasteiger partial charge in [-0.05, 0) is 18.3 Å². The minimum atomic E-state index is -0.0163. The van der Waals surface area contributed by atoms with Crippen molar-refractivity contribution in [3.05, 3.63) is 12.2 Å². The third-order valence-corrected chi connectivity index (χ3v) is 3.40. The van der Waals surface area contributed by atoms with Crippen LogP contribution in [0.3, 0.4) is 0 Å². The van der Waals surface area contributed by atoms with E-state index in [1.54, 1.807) is 6.92 Å². The van der Waals surface area contributed by atoms with E-state index in [1.807, 2.05) is 6.92 Å². The minimum absolute atomic E-state index is 0.0163. The molecule has 0 aromatic rings. The monoisotopic (exact) mass is 182 g/mol. The second-order valence-corrected chi connectivity index (χ2v) is 4.73. The van der Waals surface area contributed by atoms with Crippen molar-refractivity contribution < 1.29 is 4.79 Å². The normalized spacial score (nSPS) is 14.4. The van der Waals surface area contributed by atoms with Crippen LogP contribution < -0.4 is 0 Å². The number of hydrogen-bond donors (Lipinski definition) is 0. The molecule has 0 spiro atoms. The first-order valence-electron chi connectivity index (χ1n) is 4.91. The Morgan fingerprint density at radius 3 is 1.85 bits per heavy atom. The van der Waals surface area contributed by atoms with Gasteiger partial charge in [-0.15, -0.1) is 0 Å².